The Morgan fingerprint density at radius 3 is 2.87 bits per heavy atom. The predicted octanol–water partition coefficient (Wildman–Crippen LogP) is 1.52. The molecule has 0 aliphatic rings. The molecule has 0 spiro atoms. The van der Waals surface area contributed by atoms with Crippen molar-refractivity contribution in [1.29, 1.82) is 0 Å². The van der Waals surface area contributed by atoms with Gasteiger partial charge in [0.15, 0.2) is 0 Å². The summed E-state index contributed by atoms with van der Waals surface area (Å²) in [5.41, 5.74) is 7.67. The number of nitrogens with two attached hydrogens (primary N) is 1. The average molecular weight is 245 g/mol. The van der Waals surface area contributed by atoms with E-state index in [4.69, 9.17) is 5.73 Å². The van der Waals surface area contributed by atoms with Gasteiger partial charge in [-0.1, -0.05) is 17.4 Å². The van der Waals surface area contributed by atoms with Gasteiger partial charge in [0.25, 0.3) is 0 Å². The number of aryl methyl sites for hydroxylation is 1. The number of hydrogen-bond donors (Lipinski definition) is 1. The van der Waals surface area contributed by atoms with Crippen LogP contribution in [0.1, 0.15) is 5.56 Å². The van der Waals surface area contributed by atoms with Crippen LogP contribution in [-0.4, -0.2) is 11.1 Å². The van der Waals surface area contributed by atoms with Crippen LogP contribution in [0.2, 0.25) is 0 Å². The minimum absolute atomic E-state index is 0. The lowest BCUT2D eigenvalue weighted by Crippen LogP contribution is -2.06. The molecule has 15 heavy (non-hydrogen) atoms. The van der Waals surface area contributed by atoms with Gasteiger partial charge in [-0.05, 0) is 30.7 Å². The Morgan fingerprint density at radius 1 is 1.47 bits per heavy atom. The molecule has 2 rings (SSSR count). The summed E-state index contributed by atoms with van der Waals surface area (Å²) in [4.78, 5) is 11.5. The smallest absolute Gasteiger partial charge is 0.307 e. The molecular weight excluding hydrogens is 232 g/mol. The van der Waals surface area contributed by atoms with E-state index in [1.807, 2.05) is 18.2 Å². The number of thiazole rings is 1. The third kappa shape index (κ3) is 2.22. The highest BCUT2D eigenvalue weighted by Crippen LogP contribution is 2.18. The number of aromatic nitrogens is 1. The maximum atomic E-state index is 11.4. The van der Waals surface area contributed by atoms with Crippen LogP contribution in [0.3, 0.4) is 0 Å². The molecule has 3 nitrogen and oxygen atoms in total. The zero-order valence-electron chi connectivity index (χ0n) is 8.40. The van der Waals surface area contributed by atoms with E-state index in [0.29, 0.717) is 6.54 Å². The molecule has 5 heteroatoms. The van der Waals surface area contributed by atoms with Crippen LogP contribution >= 0.6 is 23.7 Å². The van der Waals surface area contributed by atoms with E-state index < -0.39 is 0 Å². The molecule has 0 unspecified atom stereocenters. The van der Waals surface area contributed by atoms with Gasteiger partial charge < -0.3 is 10.3 Å². The van der Waals surface area contributed by atoms with E-state index in [1.165, 1.54) is 16.9 Å². The first kappa shape index (κ1) is 12.2. The third-order valence-corrected chi connectivity index (χ3v) is 3.29. The zero-order chi connectivity index (χ0) is 10.1. The fraction of sp³-hybridized carbons (Fsp3) is 0.300. The van der Waals surface area contributed by atoms with Gasteiger partial charge in [0, 0.05) is 7.05 Å². The van der Waals surface area contributed by atoms with E-state index >= 15 is 0 Å². The van der Waals surface area contributed by atoms with Crippen molar-refractivity contribution in [1.82, 2.24) is 4.57 Å². The lowest BCUT2D eigenvalue weighted by molar-refractivity contribution is 0.936. The second-order valence-electron chi connectivity index (χ2n) is 3.27. The fourth-order valence-corrected chi connectivity index (χ4v) is 2.44. The van der Waals surface area contributed by atoms with E-state index in [9.17, 15) is 4.79 Å². The SMILES string of the molecule is Cl.Cn1c(=O)sc2cc(CCN)ccc21. The number of rotatable bonds is 2. The number of benzene rings is 1. The Hall–Kier alpha value is -0.840. The standard InChI is InChI=1S/C10H12N2OS.ClH/c1-12-8-3-2-7(4-5-11)6-9(8)14-10(12)13;/h2-3,6H,4-5,11H2,1H3;1H. The van der Waals surface area contributed by atoms with Gasteiger partial charge in [-0.15, -0.1) is 12.4 Å². The van der Waals surface area contributed by atoms with Gasteiger partial charge in [0.2, 0.25) is 0 Å². The lowest BCUT2D eigenvalue weighted by atomic mass is 10.1. The molecule has 0 aliphatic heterocycles. The van der Waals surface area contributed by atoms with Crippen molar-refractivity contribution in [3.05, 3.63) is 33.4 Å². The fourth-order valence-electron chi connectivity index (χ4n) is 1.50. The first-order valence-corrected chi connectivity index (χ1v) is 5.32. The van der Waals surface area contributed by atoms with Crippen molar-refractivity contribution in [2.45, 2.75) is 6.42 Å². The van der Waals surface area contributed by atoms with E-state index in [2.05, 4.69) is 0 Å². The highest BCUT2D eigenvalue weighted by atomic mass is 35.5. The Kier molecular flexibility index (Phi) is 3.90. The number of nitrogens with zero attached hydrogens (tertiary/aromatic N) is 1. The summed E-state index contributed by atoms with van der Waals surface area (Å²) in [6.07, 6.45) is 0.867. The molecule has 82 valence electrons. The molecule has 1 heterocycles. The second-order valence-corrected chi connectivity index (χ2v) is 4.26. The highest BCUT2D eigenvalue weighted by molar-refractivity contribution is 7.16. The molecule has 0 fully saturated rings. The largest absolute Gasteiger partial charge is 0.330 e. The molecule has 0 aliphatic carbocycles. The summed E-state index contributed by atoms with van der Waals surface area (Å²) in [7, 11) is 1.80. The van der Waals surface area contributed by atoms with Crippen LogP contribution in [0, 0.1) is 0 Å². The quantitative estimate of drug-likeness (QED) is 0.871. The van der Waals surface area contributed by atoms with Crippen molar-refractivity contribution in [3.63, 3.8) is 0 Å². The first-order valence-electron chi connectivity index (χ1n) is 4.51. The van der Waals surface area contributed by atoms with Gasteiger partial charge in [-0.3, -0.25) is 4.79 Å². The molecule has 1 aromatic carbocycles. The number of fused-ring (bicyclic) bond motifs is 1. The Balaban J connectivity index is 0.00000112. The van der Waals surface area contributed by atoms with Crippen LogP contribution in [-0.2, 0) is 13.5 Å². The summed E-state index contributed by atoms with van der Waals surface area (Å²) < 4.78 is 2.72. The number of hydrogen-bond acceptors (Lipinski definition) is 3. The molecule has 0 saturated heterocycles. The van der Waals surface area contributed by atoms with Crippen LogP contribution in [0.25, 0.3) is 10.2 Å². The summed E-state index contributed by atoms with van der Waals surface area (Å²) in [5.74, 6) is 0. The van der Waals surface area contributed by atoms with Gasteiger partial charge in [0.05, 0.1) is 10.2 Å². The maximum absolute atomic E-state index is 11.4. The molecule has 0 saturated carbocycles. The van der Waals surface area contributed by atoms with Crippen molar-refractivity contribution >= 4 is 34.0 Å². The molecule has 1 aromatic heterocycles. The first-order chi connectivity index (χ1) is 6.72. The minimum atomic E-state index is 0. The van der Waals surface area contributed by atoms with Crippen molar-refractivity contribution in [2.75, 3.05) is 6.54 Å². The predicted molar refractivity (Wildman–Crippen MR) is 67.1 cm³/mol. The topological polar surface area (TPSA) is 48.0 Å². The molecule has 0 radical (unpaired) electrons. The summed E-state index contributed by atoms with van der Waals surface area (Å²) in [5, 5.41) is 0. The van der Waals surface area contributed by atoms with Crippen molar-refractivity contribution in [2.24, 2.45) is 12.8 Å². The van der Waals surface area contributed by atoms with E-state index in [-0.39, 0.29) is 17.3 Å². The van der Waals surface area contributed by atoms with Gasteiger partial charge in [-0.25, -0.2) is 0 Å². The third-order valence-electron chi connectivity index (χ3n) is 2.29. The Labute approximate surface area is 97.9 Å². The maximum Gasteiger partial charge on any atom is 0.307 e. The van der Waals surface area contributed by atoms with Gasteiger partial charge in [0.1, 0.15) is 0 Å². The summed E-state index contributed by atoms with van der Waals surface area (Å²) >= 11 is 1.29. The molecule has 0 bridgehead atoms. The van der Waals surface area contributed by atoms with E-state index in [0.717, 1.165) is 16.6 Å². The Bertz CT molecular complexity index is 518. The van der Waals surface area contributed by atoms with Crippen molar-refractivity contribution in [3.8, 4) is 0 Å². The molecule has 0 atom stereocenters. The minimum Gasteiger partial charge on any atom is -0.330 e. The van der Waals surface area contributed by atoms with Gasteiger partial charge in [-0.2, -0.15) is 0 Å². The van der Waals surface area contributed by atoms with Crippen molar-refractivity contribution < 1.29 is 0 Å². The monoisotopic (exact) mass is 244 g/mol. The van der Waals surface area contributed by atoms with Crippen LogP contribution in [0.15, 0.2) is 23.0 Å². The molecule has 2 aromatic rings. The van der Waals surface area contributed by atoms with E-state index in [1.54, 1.807) is 11.6 Å². The van der Waals surface area contributed by atoms with Crippen LogP contribution in [0.4, 0.5) is 0 Å². The summed E-state index contributed by atoms with van der Waals surface area (Å²) in [6, 6.07) is 6.06. The average Bonchev–Trinajstić information content (AvgIpc) is 2.43. The summed E-state index contributed by atoms with van der Waals surface area (Å²) in [6.45, 7) is 0.646. The highest BCUT2D eigenvalue weighted by Gasteiger charge is 2.03. The molecule has 2 N–H and O–H groups in total. The lowest BCUT2D eigenvalue weighted by Gasteiger charge is -1.98. The zero-order valence-corrected chi connectivity index (χ0v) is 10.0. The Morgan fingerprint density at radius 2 is 2.20 bits per heavy atom. The van der Waals surface area contributed by atoms with Crippen LogP contribution < -0.4 is 10.6 Å². The second kappa shape index (κ2) is 4.79. The van der Waals surface area contributed by atoms with Crippen LogP contribution in [0.5, 0.6) is 0 Å². The molecule has 0 amide bonds. The normalized spacial score (nSPS) is 10.3. The number of halogens is 1. The molecular formula is C10H13ClN2OS. The van der Waals surface area contributed by atoms with Gasteiger partial charge >= 0.3 is 4.87 Å².